The average molecular weight is 845 g/mol. The standard InChI is InChI=1S/C40H44O20/c1-4-21-22-13-14-51-36(49)24(22)16-53-38(21)60-40-34(59-35(48)20-9-6-5-7-10-20)33(54-19(3)43)32(27(57-40)17-52-18(2)42)58-37(50)23-11-8-12-25(28(23)44)55-39-31(47)30(46)29(45)26(15-41)56-39/h4-12,16,21-22,26-27,29-34,38-41,44-47H,1,13-15,17H2,2-3H3/t21-,22-,26-,27-,29-,30+,31-,32-,33+,34-,38-,39-,40+/m1/s1. The molecule has 0 radical (unpaired) electrons. The number of para-hydroxylation sites is 1. The van der Waals surface area contributed by atoms with E-state index in [1.807, 2.05) is 0 Å². The van der Waals surface area contributed by atoms with Gasteiger partial charge >= 0.3 is 29.8 Å². The molecule has 0 aliphatic carbocycles. The van der Waals surface area contributed by atoms with Gasteiger partial charge in [0.05, 0.1) is 30.6 Å². The smallest absolute Gasteiger partial charge is 0.342 e. The summed E-state index contributed by atoms with van der Waals surface area (Å²) in [6, 6.07) is 11.2. The van der Waals surface area contributed by atoms with Crippen LogP contribution in [0, 0.1) is 11.8 Å². The first kappa shape index (κ1) is 44.0. The molecule has 4 heterocycles. The molecule has 324 valence electrons. The highest BCUT2D eigenvalue weighted by molar-refractivity contribution is 5.93. The Hall–Kier alpha value is -5.61. The van der Waals surface area contributed by atoms with Crippen molar-refractivity contribution in [2.24, 2.45) is 11.8 Å². The van der Waals surface area contributed by atoms with E-state index in [0.717, 1.165) is 19.9 Å². The molecule has 60 heavy (non-hydrogen) atoms. The molecular weight excluding hydrogens is 800 g/mol. The maximum atomic E-state index is 14.0. The molecule has 5 N–H and O–H groups in total. The van der Waals surface area contributed by atoms with Crippen molar-refractivity contribution in [3.8, 4) is 11.5 Å². The molecule has 2 aromatic rings. The quantitative estimate of drug-likeness (QED) is 0.102. The van der Waals surface area contributed by atoms with E-state index >= 15 is 0 Å². The SMILES string of the molecule is C=C[C@H]1[C@@H](O[C@@H]2O[C@H](COC(C)=O)[C@@H](OC(=O)c3cccc(O[C@@H]4O[C@H](CO)[C@@H](O)[C@H](O)[C@H]4O)c3O)[C@H](OC(C)=O)[C@H]2OC(=O)c2ccccc2)OC=C2C(=O)OCC[C@@H]21. The van der Waals surface area contributed by atoms with Crippen molar-refractivity contribution in [1.29, 1.82) is 0 Å². The van der Waals surface area contributed by atoms with Crippen LogP contribution in [0.15, 0.2) is 73.0 Å². The topological polar surface area (TPSA) is 279 Å². The van der Waals surface area contributed by atoms with Crippen molar-refractivity contribution in [2.45, 2.75) is 88.0 Å². The number of aliphatic hydroxyl groups excluding tert-OH is 4. The molecule has 13 atom stereocenters. The molecule has 0 spiro atoms. The summed E-state index contributed by atoms with van der Waals surface area (Å²) < 4.78 is 57.1. The van der Waals surface area contributed by atoms with Crippen LogP contribution in [0.25, 0.3) is 0 Å². The Balaban J connectivity index is 1.34. The Bertz CT molecular complexity index is 1930. The van der Waals surface area contributed by atoms with Crippen molar-refractivity contribution < 1.29 is 96.9 Å². The van der Waals surface area contributed by atoms with E-state index in [0.29, 0.717) is 6.42 Å². The molecule has 0 aromatic heterocycles. The summed E-state index contributed by atoms with van der Waals surface area (Å²) >= 11 is 0. The van der Waals surface area contributed by atoms with Crippen LogP contribution in [0.4, 0.5) is 0 Å². The van der Waals surface area contributed by atoms with E-state index in [1.165, 1.54) is 36.6 Å². The van der Waals surface area contributed by atoms with E-state index in [4.69, 9.17) is 47.4 Å². The predicted octanol–water partition coefficient (Wildman–Crippen LogP) is 0.164. The second-order valence-corrected chi connectivity index (χ2v) is 14.1. The van der Waals surface area contributed by atoms with Crippen molar-refractivity contribution in [2.75, 3.05) is 19.8 Å². The van der Waals surface area contributed by atoms with E-state index in [-0.39, 0.29) is 17.7 Å². The minimum Gasteiger partial charge on any atom is -0.504 e. The maximum absolute atomic E-state index is 14.0. The summed E-state index contributed by atoms with van der Waals surface area (Å²) in [5, 5.41) is 51.6. The zero-order valence-corrected chi connectivity index (χ0v) is 32.2. The van der Waals surface area contributed by atoms with Crippen LogP contribution in [0.2, 0.25) is 0 Å². The van der Waals surface area contributed by atoms with Gasteiger partial charge < -0.3 is 72.9 Å². The molecule has 2 aromatic carbocycles. The summed E-state index contributed by atoms with van der Waals surface area (Å²) in [6.07, 6.45) is -15.2. The first-order valence-electron chi connectivity index (χ1n) is 18.7. The van der Waals surface area contributed by atoms with Crippen LogP contribution in [-0.2, 0) is 57.0 Å². The Morgan fingerprint density at radius 3 is 2.22 bits per heavy atom. The number of carbonyl (C=O) groups excluding carboxylic acids is 5. The maximum Gasteiger partial charge on any atom is 0.342 e. The fourth-order valence-electron chi connectivity index (χ4n) is 7.10. The average Bonchev–Trinajstić information content (AvgIpc) is 3.23. The summed E-state index contributed by atoms with van der Waals surface area (Å²) in [4.78, 5) is 65.0. The molecule has 3 saturated heterocycles. The van der Waals surface area contributed by atoms with Crippen molar-refractivity contribution >= 4 is 29.8 Å². The molecule has 20 heteroatoms. The summed E-state index contributed by atoms with van der Waals surface area (Å²) in [5.41, 5.74) is -0.272. The number of aromatic hydroxyl groups is 1. The molecule has 4 aliphatic rings. The van der Waals surface area contributed by atoms with Gasteiger partial charge in [-0.1, -0.05) is 30.3 Å². The number of phenols is 1. The molecule has 0 saturated carbocycles. The predicted molar refractivity (Wildman–Crippen MR) is 195 cm³/mol. The van der Waals surface area contributed by atoms with Crippen LogP contribution in [0.1, 0.15) is 41.0 Å². The first-order chi connectivity index (χ1) is 28.7. The first-order valence-corrected chi connectivity index (χ1v) is 18.7. The van der Waals surface area contributed by atoms with Gasteiger partial charge in [0.1, 0.15) is 42.7 Å². The van der Waals surface area contributed by atoms with E-state index in [9.17, 15) is 49.5 Å². The minimum absolute atomic E-state index is 0.0562. The zero-order valence-electron chi connectivity index (χ0n) is 32.2. The van der Waals surface area contributed by atoms with Gasteiger partial charge in [-0.3, -0.25) is 9.59 Å². The third-order valence-corrected chi connectivity index (χ3v) is 10.1. The lowest BCUT2D eigenvalue weighted by Gasteiger charge is -2.46. The third kappa shape index (κ3) is 9.55. The molecule has 6 rings (SSSR count). The summed E-state index contributed by atoms with van der Waals surface area (Å²) in [5.74, 6) is -7.07. The summed E-state index contributed by atoms with van der Waals surface area (Å²) in [6.45, 7) is 4.69. The Morgan fingerprint density at radius 1 is 0.817 bits per heavy atom. The molecular formula is C40H44O20. The fourth-order valence-corrected chi connectivity index (χ4v) is 7.10. The number of cyclic esters (lactones) is 1. The van der Waals surface area contributed by atoms with Gasteiger partial charge in [-0.15, -0.1) is 6.58 Å². The van der Waals surface area contributed by atoms with E-state index in [2.05, 4.69) is 6.58 Å². The molecule has 0 amide bonds. The molecule has 0 bridgehead atoms. The highest BCUT2D eigenvalue weighted by atomic mass is 16.8. The zero-order chi connectivity index (χ0) is 43.2. The highest BCUT2D eigenvalue weighted by Crippen LogP contribution is 2.40. The number of hydrogen-bond donors (Lipinski definition) is 5. The Kier molecular flexibility index (Phi) is 14.1. The number of rotatable bonds is 13. The molecule has 0 unspecified atom stereocenters. The lowest BCUT2D eigenvalue weighted by molar-refractivity contribution is -0.338. The number of esters is 5. The van der Waals surface area contributed by atoms with E-state index < -0.39 is 140 Å². The van der Waals surface area contributed by atoms with Crippen LogP contribution in [0.3, 0.4) is 0 Å². The van der Waals surface area contributed by atoms with Gasteiger partial charge in [-0.05, 0) is 30.7 Å². The second kappa shape index (κ2) is 19.2. The van der Waals surface area contributed by atoms with Gasteiger partial charge in [0, 0.05) is 25.7 Å². The summed E-state index contributed by atoms with van der Waals surface area (Å²) in [7, 11) is 0. The number of ether oxygens (including phenoxy) is 10. The van der Waals surface area contributed by atoms with Crippen LogP contribution in [-0.4, -0.2) is 143 Å². The molecule has 20 nitrogen and oxygen atoms in total. The number of phenolic OH excluding ortho intramolecular Hbond substituents is 1. The normalized spacial score (nSPS) is 32.4. The van der Waals surface area contributed by atoms with E-state index in [1.54, 1.807) is 18.2 Å². The highest BCUT2D eigenvalue weighted by Gasteiger charge is 2.55. The lowest BCUT2D eigenvalue weighted by Crippen LogP contribution is -2.64. The number of fused-ring (bicyclic) bond motifs is 1. The van der Waals surface area contributed by atoms with Gasteiger partial charge in [0.25, 0.3) is 0 Å². The van der Waals surface area contributed by atoms with Crippen molar-refractivity contribution in [3.63, 3.8) is 0 Å². The third-order valence-electron chi connectivity index (χ3n) is 10.1. The van der Waals surface area contributed by atoms with Crippen LogP contribution >= 0.6 is 0 Å². The Morgan fingerprint density at radius 2 is 1.53 bits per heavy atom. The second-order valence-electron chi connectivity index (χ2n) is 14.1. The van der Waals surface area contributed by atoms with Crippen LogP contribution < -0.4 is 4.74 Å². The monoisotopic (exact) mass is 844 g/mol. The van der Waals surface area contributed by atoms with Gasteiger partial charge in [0.15, 0.2) is 29.8 Å². The largest absolute Gasteiger partial charge is 0.504 e. The molecule has 3 fully saturated rings. The van der Waals surface area contributed by atoms with Gasteiger partial charge in [-0.2, -0.15) is 0 Å². The Labute approximate surface area is 341 Å². The van der Waals surface area contributed by atoms with Crippen molar-refractivity contribution in [1.82, 2.24) is 0 Å². The number of hydrogen-bond acceptors (Lipinski definition) is 20. The van der Waals surface area contributed by atoms with Crippen LogP contribution in [0.5, 0.6) is 11.5 Å². The fraction of sp³-hybridized carbons (Fsp3) is 0.475. The van der Waals surface area contributed by atoms with Gasteiger partial charge in [-0.25, -0.2) is 14.4 Å². The number of benzene rings is 2. The number of aliphatic hydroxyl groups is 4. The number of carbonyl (C=O) groups is 5. The van der Waals surface area contributed by atoms with Gasteiger partial charge in [0.2, 0.25) is 18.9 Å². The molecule has 4 aliphatic heterocycles. The lowest BCUT2D eigenvalue weighted by atomic mass is 9.81. The minimum atomic E-state index is -1.87. The van der Waals surface area contributed by atoms with Crippen molar-refractivity contribution in [3.05, 3.63) is 84.1 Å².